The van der Waals surface area contributed by atoms with E-state index < -0.39 is 28.9 Å². The van der Waals surface area contributed by atoms with Crippen molar-refractivity contribution in [3.05, 3.63) is 39.2 Å². The van der Waals surface area contributed by atoms with Gasteiger partial charge in [0, 0.05) is 19.9 Å². The quantitative estimate of drug-likeness (QED) is 0.924. The van der Waals surface area contributed by atoms with Crippen LogP contribution in [0.2, 0.25) is 0 Å². The van der Waals surface area contributed by atoms with Gasteiger partial charge in [0.2, 0.25) is 0 Å². The number of alkyl halides is 3. The summed E-state index contributed by atoms with van der Waals surface area (Å²) in [4.78, 5) is 30.7. The second-order valence-electron chi connectivity index (χ2n) is 5.72. The molecule has 0 amide bonds. The third-order valence-corrected chi connectivity index (χ3v) is 4.33. The summed E-state index contributed by atoms with van der Waals surface area (Å²) < 4.78 is 44.4. The lowest BCUT2D eigenvalue weighted by molar-refractivity contribution is -0.309. The zero-order chi connectivity index (χ0) is 16.8. The van der Waals surface area contributed by atoms with Crippen molar-refractivity contribution in [1.82, 2.24) is 14.5 Å². The maximum absolute atomic E-state index is 13.0. The molecule has 23 heavy (non-hydrogen) atoms. The smallest absolute Gasteiger partial charge is 0.369 e. The van der Waals surface area contributed by atoms with Gasteiger partial charge in [-0.15, -0.1) is 0 Å². The van der Waals surface area contributed by atoms with Crippen LogP contribution in [-0.2, 0) is 11.3 Å². The molecule has 0 saturated heterocycles. The molecule has 1 N–H and O–H groups in total. The molecular formula is C14H14F3N3O3. The zero-order valence-electron chi connectivity index (χ0n) is 12.2. The number of halogens is 3. The van der Waals surface area contributed by atoms with Crippen LogP contribution in [0.1, 0.15) is 12.8 Å². The van der Waals surface area contributed by atoms with E-state index in [1.807, 2.05) is 0 Å². The Balaban J connectivity index is 1.87. The van der Waals surface area contributed by atoms with Crippen LogP contribution >= 0.6 is 0 Å². The fourth-order valence-electron chi connectivity index (χ4n) is 3.02. The molecule has 0 radical (unpaired) electrons. The number of pyridine rings is 1. The van der Waals surface area contributed by atoms with Crippen LogP contribution in [0.3, 0.4) is 0 Å². The van der Waals surface area contributed by atoms with E-state index >= 15 is 0 Å². The summed E-state index contributed by atoms with van der Waals surface area (Å²) in [5, 5.41) is 0. The standard InChI is InChI=1S/C14H14F3N3O3/c1-23-13(14(15,16)17)5-8(6-13)7-20-11(21)10-9(19-12(20)22)3-2-4-18-10/h2-4,8H,5-7H2,1H3,(H,19,22). The Kier molecular flexibility index (Phi) is 3.55. The van der Waals surface area contributed by atoms with E-state index in [0.717, 1.165) is 11.7 Å². The average molecular weight is 329 g/mol. The monoisotopic (exact) mass is 329 g/mol. The highest BCUT2D eigenvalue weighted by Crippen LogP contribution is 2.51. The number of ether oxygens (including phenoxy) is 1. The molecule has 6 nitrogen and oxygen atoms in total. The molecule has 1 saturated carbocycles. The molecule has 3 rings (SSSR count). The molecule has 1 aliphatic carbocycles. The predicted octanol–water partition coefficient (Wildman–Crippen LogP) is 1.44. The van der Waals surface area contributed by atoms with Gasteiger partial charge in [0.25, 0.3) is 5.56 Å². The maximum atomic E-state index is 13.0. The Labute approximate surface area is 127 Å². The number of nitrogens with zero attached hydrogens (tertiary/aromatic N) is 2. The first kappa shape index (κ1) is 15.7. The van der Waals surface area contributed by atoms with Crippen LogP contribution in [0.4, 0.5) is 13.2 Å². The molecule has 0 spiro atoms. The van der Waals surface area contributed by atoms with E-state index in [1.54, 1.807) is 12.1 Å². The van der Waals surface area contributed by atoms with Crippen LogP contribution in [0.25, 0.3) is 11.0 Å². The van der Waals surface area contributed by atoms with Crippen molar-refractivity contribution in [2.24, 2.45) is 5.92 Å². The summed E-state index contributed by atoms with van der Waals surface area (Å²) in [6, 6.07) is 3.11. The average Bonchev–Trinajstić information content (AvgIpc) is 2.44. The van der Waals surface area contributed by atoms with Crippen molar-refractivity contribution in [3.8, 4) is 0 Å². The highest BCUT2D eigenvalue weighted by molar-refractivity contribution is 5.71. The minimum Gasteiger partial charge on any atom is -0.369 e. The van der Waals surface area contributed by atoms with Crippen LogP contribution in [0.5, 0.6) is 0 Å². The number of methoxy groups -OCH3 is 1. The largest absolute Gasteiger partial charge is 0.417 e. The second kappa shape index (κ2) is 5.19. The lowest BCUT2D eigenvalue weighted by Crippen LogP contribution is -2.58. The number of H-pyrrole nitrogens is 1. The van der Waals surface area contributed by atoms with Gasteiger partial charge in [0.15, 0.2) is 11.1 Å². The second-order valence-corrected chi connectivity index (χ2v) is 5.72. The molecule has 2 aromatic heterocycles. The van der Waals surface area contributed by atoms with Gasteiger partial charge in [-0.1, -0.05) is 0 Å². The highest BCUT2D eigenvalue weighted by atomic mass is 19.4. The molecular weight excluding hydrogens is 315 g/mol. The molecule has 0 aliphatic heterocycles. The fourth-order valence-corrected chi connectivity index (χ4v) is 3.02. The van der Waals surface area contributed by atoms with E-state index in [1.165, 1.54) is 6.20 Å². The lowest BCUT2D eigenvalue weighted by Gasteiger charge is -2.47. The third kappa shape index (κ3) is 2.44. The van der Waals surface area contributed by atoms with E-state index in [4.69, 9.17) is 0 Å². The Bertz CT molecular complexity index is 850. The highest BCUT2D eigenvalue weighted by Gasteiger charge is 2.62. The maximum Gasteiger partial charge on any atom is 0.417 e. The molecule has 0 unspecified atom stereocenters. The van der Waals surface area contributed by atoms with Gasteiger partial charge >= 0.3 is 11.9 Å². The van der Waals surface area contributed by atoms with E-state index in [0.29, 0.717) is 5.52 Å². The number of hydrogen-bond donors (Lipinski definition) is 1. The zero-order valence-corrected chi connectivity index (χ0v) is 12.2. The van der Waals surface area contributed by atoms with Crippen molar-refractivity contribution in [3.63, 3.8) is 0 Å². The summed E-state index contributed by atoms with van der Waals surface area (Å²) in [5.41, 5.74) is -3.05. The van der Waals surface area contributed by atoms with Gasteiger partial charge in [-0.25, -0.2) is 9.78 Å². The van der Waals surface area contributed by atoms with Gasteiger partial charge < -0.3 is 9.72 Å². The molecule has 9 heteroatoms. The van der Waals surface area contributed by atoms with E-state index in [9.17, 15) is 22.8 Å². The van der Waals surface area contributed by atoms with E-state index in [-0.39, 0.29) is 24.9 Å². The fraction of sp³-hybridized carbons (Fsp3) is 0.500. The van der Waals surface area contributed by atoms with Crippen molar-refractivity contribution in [1.29, 1.82) is 0 Å². The van der Waals surface area contributed by atoms with Crippen LogP contribution in [-0.4, -0.2) is 33.4 Å². The first-order valence-electron chi connectivity index (χ1n) is 6.97. The Hall–Kier alpha value is -2.16. The molecule has 124 valence electrons. The predicted molar refractivity (Wildman–Crippen MR) is 75.1 cm³/mol. The van der Waals surface area contributed by atoms with Gasteiger partial charge in [0.1, 0.15) is 0 Å². The Morgan fingerprint density at radius 3 is 2.74 bits per heavy atom. The number of aromatic nitrogens is 3. The normalized spacial score (nSPS) is 24.6. The van der Waals surface area contributed by atoms with Crippen molar-refractivity contribution < 1.29 is 17.9 Å². The number of fused-ring (bicyclic) bond motifs is 1. The number of aromatic amines is 1. The minimum absolute atomic E-state index is 0.0836. The number of nitrogens with one attached hydrogen (secondary N) is 1. The first-order valence-corrected chi connectivity index (χ1v) is 6.97. The summed E-state index contributed by atoms with van der Waals surface area (Å²) in [7, 11) is 1.02. The Morgan fingerprint density at radius 1 is 1.43 bits per heavy atom. The summed E-state index contributed by atoms with van der Waals surface area (Å²) in [6.45, 7) is -0.0954. The molecule has 0 atom stereocenters. The van der Waals surface area contributed by atoms with Crippen LogP contribution in [0.15, 0.2) is 27.9 Å². The summed E-state index contributed by atoms with van der Waals surface area (Å²) >= 11 is 0. The third-order valence-electron chi connectivity index (χ3n) is 4.33. The molecule has 0 aromatic carbocycles. The van der Waals surface area contributed by atoms with Crippen molar-refractivity contribution in [2.75, 3.05) is 7.11 Å². The lowest BCUT2D eigenvalue weighted by atomic mass is 9.70. The van der Waals surface area contributed by atoms with Crippen molar-refractivity contribution >= 4 is 11.0 Å². The molecule has 1 fully saturated rings. The van der Waals surface area contributed by atoms with Gasteiger partial charge in [-0.2, -0.15) is 13.2 Å². The van der Waals surface area contributed by atoms with Gasteiger partial charge in [-0.05, 0) is 30.9 Å². The number of rotatable bonds is 3. The van der Waals surface area contributed by atoms with Crippen molar-refractivity contribution in [2.45, 2.75) is 31.2 Å². The first-order chi connectivity index (χ1) is 10.8. The molecule has 1 aliphatic rings. The SMILES string of the molecule is COC1(C(F)(F)F)CC(Cn2c(=O)[nH]c3cccnc3c2=O)C1. The topological polar surface area (TPSA) is 77.0 Å². The summed E-state index contributed by atoms with van der Waals surface area (Å²) in [6.07, 6.45) is -3.62. The summed E-state index contributed by atoms with van der Waals surface area (Å²) in [5.74, 6) is -0.462. The molecule has 2 aromatic rings. The Morgan fingerprint density at radius 2 is 2.13 bits per heavy atom. The van der Waals surface area contributed by atoms with E-state index in [2.05, 4.69) is 14.7 Å². The number of hydrogen-bond acceptors (Lipinski definition) is 4. The van der Waals surface area contributed by atoms with Crippen LogP contribution < -0.4 is 11.2 Å². The van der Waals surface area contributed by atoms with Crippen LogP contribution in [0, 0.1) is 5.92 Å². The molecule has 0 bridgehead atoms. The molecule has 2 heterocycles. The minimum atomic E-state index is -4.47. The van der Waals surface area contributed by atoms with Gasteiger partial charge in [0.05, 0.1) is 5.52 Å². The van der Waals surface area contributed by atoms with Gasteiger partial charge in [-0.3, -0.25) is 9.36 Å².